The third kappa shape index (κ3) is 3.80. The highest BCUT2D eigenvalue weighted by Gasteiger charge is 2.39. The van der Waals surface area contributed by atoms with Crippen molar-refractivity contribution in [1.29, 1.82) is 0 Å². The minimum atomic E-state index is -0.754. The SMILES string of the molecule is CC1(C(=O)O)CCCN(c2nc(-c3ccc(-c4cnco4)cc3)c(-c3ccccc3)s2)C1. The Hall–Kier alpha value is -3.45. The van der Waals surface area contributed by atoms with Crippen LogP contribution < -0.4 is 4.90 Å². The average Bonchev–Trinajstić information content (AvgIpc) is 3.50. The summed E-state index contributed by atoms with van der Waals surface area (Å²) < 4.78 is 5.40. The second kappa shape index (κ2) is 8.24. The summed E-state index contributed by atoms with van der Waals surface area (Å²) in [5.41, 5.74) is 3.21. The Balaban J connectivity index is 1.54. The molecular formula is C25H23N3O3S. The molecule has 2 aromatic carbocycles. The summed E-state index contributed by atoms with van der Waals surface area (Å²) in [6, 6.07) is 18.3. The van der Waals surface area contributed by atoms with Crippen molar-refractivity contribution in [3.05, 3.63) is 67.2 Å². The van der Waals surface area contributed by atoms with E-state index >= 15 is 0 Å². The summed E-state index contributed by atoms with van der Waals surface area (Å²) in [5, 5.41) is 10.6. The van der Waals surface area contributed by atoms with Crippen molar-refractivity contribution in [2.24, 2.45) is 5.41 Å². The fourth-order valence-electron chi connectivity index (χ4n) is 4.15. The van der Waals surface area contributed by atoms with Crippen molar-refractivity contribution < 1.29 is 14.3 Å². The molecule has 1 unspecified atom stereocenters. The lowest BCUT2D eigenvalue weighted by atomic mass is 9.82. The number of aromatic nitrogens is 2. The van der Waals surface area contributed by atoms with Crippen molar-refractivity contribution in [1.82, 2.24) is 9.97 Å². The van der Waals surface area contributed by atoms with Crippen molar-refractivity contribution in [2.45, 2.75) is 19.8 Å². The van der Waals surface area contributed by atoms with Gasteiger partial charge in [-0.25, -0.2) is 9.97 Å². The minimum absolute atomic E-state index is 0.466. The Bertz CT molecular complexity index is 1220. The third-order valence-corrected chi connectivity index (χ3v) is 7.18. The molecule has 0 saturated carbocycles. The Morgan fingerprint density at radius 3 is 2.53 bits per heavy atom. The molecule has 4 aromatic rings. The van der Waals surface area contributed by atoms with E-state index in [-0.39, 0.29) is 0 Å². The van der Waals surface area contributed by atoms with Crippen molar-refractivity contribution in [3.8, 4) is 33.0 Å². The zero-order valence-electron chi connectivity index (χ0n) is 17.7. The maximum atomic E-state index is 11.8. The summed E-state index contributed by atoms with van der Waals surface area (Å²) in [6.45, 7) is 3.11. The zero-order valence-corrected chi connectivity index (χ0v) is 18.5. The first-order chi connectivity index (χ1) is 15.5. The Morgan fingerprint density at radius 1 is 1.09 bits per heavy atom. The second-order valence-corrected chi connectivity index (χ2v) is 9.35. The molecule has 6 nitrogen and oxygen atoms in total. The largest absolute Gasteiger partial charge is 0.481 e. The highest BCUT2D eigenvalue weighted by atomic mass is 32.1. The normalized spacial score (nSPS) is 18.6. The van der Waals surface area contributed by atoms with Crippen LogP contribution in [0.25, 0.3) is 33.0 Å². The van der Waals surface area contributed by atoms with E-state index in [1.54, 1.807) is 17.5 Å². The first-order valence-corrected chi connectivity index (χ1v) is 11.4. The van der Waals surface area contributed by atoms with Crippen LogP contribution in [0.4, 0.5) is 5.13 Å². The molecular weight excluding hydrogens is 422 g/mol. The van der Waals surface area contributed by atoms with Gasteiger partial charge in [0.15, 0.2) is 17.3 Å². The van der Waals surface area contributed by atoms with Crippen LogP contribution in [0.1, 0.15) is 19.8 Å². The zero-order chi connectivity index (χ0) is 22.1. The molecule has 0 radical (unpaired) electrons. The van der Waals surface area contributed by atoms with Gasteiger partial charge in [0, 0.05) is 24.2 Å². The summed E-state index contributed by atoms with van der Waals surface area (Å²) in [7, 11) is 0. The van der Waals surface area contributed by atoms with Crippen LogP contribution in [0, 0.1) is 5.41 Å². The number of piperidine rings is 1. The number of carbonyl (C=O) groups is 1. The van der Waals surface area contributed by atoms with Gasteiger partial charge < -0.3 is 14.4 Å². The highest BCUT2D eigenvalue weighted by Crippen LogP contribution is 2.42. The summed E-state index contributed by atoms with van der Waals surface area (Å²) in [6.07, 6.45) is 4.64. The van der Waals surface area contributed by atoms with Gasteiger partial charge in [-0.1, -0.05) is 65.9 Å². The summed E-state index contributed by atoms with van der Waals surface area (Å²) in [4.78, 5) is 24.0. The number of aliphatic carboxylic acids is 1. The lowest BCUT2D eigenvalue weighted by Crippen LogP contribution is -2.46. The standard InChI is InChI=1S/C25H23N3O3S/c1-25(23(29)30)12-5-13-28(15-25)24-27-21(22(32-24)19-6-3-2-4-7-19)18-10-8-17(9-11-18)20-14-26-16-31-20/h2-4,6-11,14,16H,5,12-13,15H2,1H3,(H,29,30). The summed E-state index contributed by atoms with van der Waals surface area (Å²) in [5.74, 6) is -0.0228. The van der Waals surface area contributed by atoms with E-state index < -0.39 is 11.4 Å². The van der Waals surface area contributed by atoms with Crippen LogP contribution >= 0.6 is 11.3 Å². The van der Waals surface area contributed by atoms with Crippen LogP contribution in [0.15, 0.2) is 71.6 Å². The molecule has 162 valence electrons. The first kappa shape index (κ1) is 20.5. The number of rotatable bonds is 5. The van der Waals surface area contributed by atoms with Crippen molar-refractivity contribution in [2.75, 3.05) is 18.0 Å². The molecule has 1 atom stereocenters. The van der Waals surface area contributed by atoms with Crippen LogP contribution in [-0.2, 0) is 4.79 Å². The van der Waals surface area contributed by atoms with Crippen LogP contribution in [0.3, 0.4) is 0 Å². The van der Waals surface area contributed by atoms with Gasteiger partial charge in [-0.05, 0) is 25.3 Å². The van der Waals surface area contributed by atoms with E-state index in [2.05, 4.69) is 22.0 Å². The molecule has 0 bridgehead atoms. The quantitative estimate of drug-likeness (QED) is 0.417. The number of oxazole rings is 1. The predicted molar refractivity (Wildman–Crippen MR) is 126 cm³/mol. The number of nitrogens with zero attached hydrogens (tertiary/aromatic N) is 3. The number of hydrogen-bond acceptors (Lipinski definition) is 6. The molecule has 0 aliphatic carbocycles. The molecule has 0 spiro atoms. The average molecular weight is 446 g/mol. The van der Waals surface area contributed by atoms with Gasteiger partial charge in [-0.3, -0.25) is 4.79 Å². The van der Waals surface area contributed by atoms with Gasteiger partial charge in [-0.15, -0.1) is 0 Å². The molecule has 1 aliphatic rings. The van der Waals surface area contributed by atoms with Crippen LogP contribution in [-0.4, -0.2) is 34.1 Å². The predicted octanol–water partition coefficient (Wildman–Crippen LogP) is 5.82. The number of anilines is 1. The highest BCUT2D eigenvalue weighted by molar-refractivity contribution is 7.19. The fourth-order valence-corrected chi connectivity index (χ4v) is 5.27. The van der Waals surface area contributed by atoms with E-state index in [9.17, 15) is 9.90 Å². The van der Waals surface area contributed by atoms with Gasteiger partial charge >= 0.3 is 5.97 Å². The molecule has 1 aliphatic heterocycles. The van der Waals surface area contributed by atoms with E-state index in [1.807, 2.05) is 49.4 Å². The molecule has 7 heteroatoms. The molecule has 1 N–H and O–H groups in total. The Kier molecular flexibility index (Phi) is 5.27. The monoisotopic (exact) mass is 445 g/mol. The van der Waals surface area contributed by atoms with E-state index in [0.29, 0.717) is 13.0 Å². The Labute approximate surface area is 190 Å². The van der Waals surface area contributed by atoms with E-state index in [0.717, 1.165) is 51.1 Å². The maximum absolute atomic E-state index is 11.8. The molecule has 0 amide bonds. The molecule has 3 heterocycles. The smallest absolute Gasteiger partial charge is 0.311 e. The number of hydrogen-bond donors (Lipinski definition) is 1. The van der Waals surface area contributed by atoms with Gasteiger partial charge in [-0.2, -0.15) is 0 Å². The number of carboxylic acid groups (broad SMARTS) is 1. The first-order valence-electron chi connectivity index (χ1n) is 10.6. The molecule has 32 heavy (non-hydrogen) atoms. The molecule has 1 fully saturated rings. The topological polar surface area (TPSA) is 79.5 Å². The van der Waals surface area contributed by atoms with Crippen molar-refractivity contribution in [3.63, 3.8) is 0 Å². The van der Waals surface area contributed by atoms with Gasteiger partial charge in [0.05, 0.1) is 22.2 Å². The van der Waals surface area contributed by atoms with E-state index in [1.165, 1.54) is 6.39 Å². The fraction of sp³-hybridized carbons (Fsp3) is 0.240. The van der Waals surface area contributed by atoms with Gasteiger partial charge in [0.1, 0.15) is 0 Å². The Morgan fingerprint density at radius 2 is 1.84 bits per heavy atom. The lowest BCUT2D eigenvalue weighted by molar-refractivity contribution is -0.148. The van der Waals surface area contributed by atoms with E-state index in [4.69, 9.17) is 9.40 Å². The van der Waals surface area contributed by atoms with Crippen LogP contribution in [0.2, 0.25) is 0 Å². The number of carboxylic acids is 1. The van der Waals surface area contributed by atoms with Crippen molar-refractivity contribution >= 4 is 22.4 Å². The van der Waals surface area contributed by atoms with Gasteiger partial charge in [0.25, 0.3) is 0 Å². The molecule has 1 saturated heterocycles. The summed E-state index contributed by atoms with van der Waals surface area (Å²) >= 11 is 1.62. The molecule has 2 aromatic heterocycles. The minimum Gasteiger partial charge on any atom is -0.481 e. The van der Waals surface area contributed by atoms with Crippen LogP contribution in [0.5, 0.6) is 0 Å². The second-order valence-electron chi connectivity index (χ2n) is 8.37. The maximum Gasteiger partial charge on any atom is 0.311 e. The molecule has 5 rings (SSSR count). The third-order valence-electron chi connectivity index (χ3n) is 6.01. The number of benzene rings is 2. The lowest BCUT2D eigenvalue weighted by Gasteiger charge is -2.37. The van der Waals surface area contributed by atoms with Gasteiger partial charge in [0.2, 0.25) is 0 Å². The number of thiazole rings is 1.